The molecule has 3 heterocycles. The first-order valence-corrected chi connectivity index (χ1v) is 6.24. The third-order valence-corrected chi connectivity index (χ3v) is 3.61. The van der Waals surface area contributed by atoms with Gasteiger partial charge in [0.2, 0.25) is 0 Å². The minimum Gasteiger partial charge on any atom is -0.303 e. The zero-order valence-electron chi connectivity index (χ0n) is 10.4. The van der Waals surface area contributed by atoms with Crippen molar-refractivity contribution in [3.63, 3.8) is 0 Å². The van der Waals surface area contributed by atoms with Crippen molar-refractivity contribution in [2.75, 3.05) is 13.6 Å². The van der Waals surface area contributed by atoms with Crippen molar-refractivity contribution >= 4 is 5.65 Å². The van der Waals surface area contributed by atoms with Gasteiger partial charge in [-0.25, -0.2) is 9.50 Å². The molecule has 0 spiro atoms. The zero-order chi connectivity index (χ0) is 11.8. The smallest absolute Gasteiger partial charge is 0.155 e. The number of hydrogen-bond acceptors (Lipinski definition) is 3. The summed E-state index contributed by atoms with van der Waals surface area (Å²) in [4.78, 5) is 6.99. The van der Waals surface area contributed by atoms with Gasteiger partial charge in [-0.05, 0) is 45.0 Å². The number of pyridine rings is 1. The minimum absolute atomic E-state index is 0.619. The third kappa shape index (κ3) is 2.05. The maximum Gasteiger partial charge on any atom is 0.155 e. The number of fused-ring (bicyclic) bond motifs is 1. The molecule has 0 amide bonds. The van der Waals surface area contributed by atoms with Crippen molar-refractivity contribution in [3.05, 3.63) is 29.7 Å². The molecular formula is C13H18N4. The monoisotopic (exact) mass is 230 g/mol. The van der Waals surface area contributed by atoms with E-state index < -0.39 is 0 Å². The number of nitrogens with zero attached hydrogens (tertiary/aromatic N) is 4. The van der Waals surface area contributed by atoms with Crippen molar-refractivity contribution in [3.8, 4) is 0 Å². The molecule has 0 bridgehead atoms. The fraction of sp³-hybridized carbons (Fsp3) is 0.538. The number of aromatic nitrogens is 3. The maximum absolute atomic E-state index is 4.58. The van der Waals surface area contributed by atoms with Gasteiger partial charge in [0.25, 0.3) is 0 Å². The molecule has 0 radical (unpaired) electrons. The van der Waals surface area contributed by atoms with Gasteiger partial charge in [0.05, 0.1) is 0 Å². The minimum atomic E-state index is 0.619. The third-order valence-electron chi connectivity index (χ3n) is 3.61. The van der Waals surface area contributed by atoms with Crippen LogP contribution in [0.3, 0.4) is 0 Å². The summed E-state index contributed by atoms with van der Waals surface area (Å²) >= 11 is 0. The van der Waals surface area contributed by atoms with Gasteiger partial charge in [-0.15, -0.1) is 0 Å². The van der Waals surface area contributed by atoms with Crippen LogP contribution in [0, 0.1) is 6.92 Å². The Kier molecular flexibility index (Phi) is 2.59. The molecule has 1 aliphatic heterocycles. The first-order chi connectivity index (χ1) is 8.22. The molecule has 90 valence electrons. The van der Waals surface area contributed by atoms with Gasteiger partial charge in [0.1, 0.15) is 0 Å². The number of likely N-dealkylation sites (tertiary alicyclic amines) is 1. The summed E-state index contributed by atoms with van der Waals surface area (Å²) in [6.45, 7) is 3.28. The number of rotatable bonds is 2. The normalized spacial score (nSPS) is 21.4. The highest BCUT2D eigenvalue weighted by Gasteiger charge is 2.22. The van der Waals surface area contributed by atoms with Crippen LogP contribution in [-0.2, 0) is 6.42 Å². The van der Waals surface area contributed by atoms with Gasteiger partial charge in [-0.1, -0.05) is 6.07 Å². The standard InChI is InChI=1S/C13H18N4/c1-10-5-6-13-14-12(15-17(13)9-10)8-11-4-3-7-16(11)2/h5-6,9,11H,3-4,7-8H2,1-2H3. The molecule has 1 unspecified atom stereocenters. The summed E-state index contributed by atoms with van der Waals surface area (Å²) in [5.41, 5.74) is 2.16. The first kappa shape index (κ1) is 10.7. The fourth-order valence-electron chi connectivity index (χ4n) is 2.57. The number of aryl methyl sites for hydroxylation is 1. The summed E-state index contributed by atoms with van der Waals surface area (Å²) in [6.07, 6.45) is 5.57. The van der Waals surface area contributed by atoms with Gasteiger partial charge in [-0.2, -0.15) is 5.10 Å². The molecule has 1 aliphatic rings. The van der Waals surface area contributed by atoms with Crippen LogP contribution >= 0.6 is 0 Å². The Morgan fingerprint density at radius 1 is 1.41 bits per heavy atom. The summed E-state index contributed by atoms with van der Waals surface area (Å²) in [7, 11) is 2.19. The lowest BCUT2D eigenvalue weighted by Gasteiger charge is -2.17. The van der Waals surface area contributed by atoms with E-state index in [4.69, 9.17) is 0 Å². The zero-order valence-corrected chi connectivity index (χ0v) is 10.4. The molecule has 2 aromatic rings. The summed E-state index contributed by atoms with van der Waals surface area (Å²) in [6, 6.07) is 4.73. The van der Waals surface area contributed by atoms with Crippen molar-refractivity contribution in [2.24, 2.45) is 0 Å². The average Bonchev–Trinajstić information content (AvgIpc) is 2.85. The summed E-state index contributed by atoms with van der Waals surface area (Å²) in [5, 5.41) is 4.55. The van der Waals surface area contributed by atoms with Crippen LogP contribution in [0.5, 0.6) is 0 Å². The SMILES string of the molecule is Cc1ccc2nc(CC3CCCN3C)nn2c1. The molecular weight excluding hydrogens is 212 g/mol. The van der Waals surface area contributed by atoms with E-state index >= 15 is 0 Å². The Labute approximate surface area is 101 Å². The Morgan fingerprint density at radius 3 is 3.06 bits per heavy atom. The van der Waals surface area contributed by atoms with E-state index in [0.29, 0.717) is 6.04 Å². The molecule has 1 atom stereocenters. The maximum atomic E-state index is 4.58. The van der Waals surface area contributed by atoms with E-state index in [9.17, 15) is 0 Å². The molecule has 0 N–H and O–H groups in total. The Balaban J connectivity index is 1.85. The second-order valence-electron chi connectivity index (χ2n) is 5.02. The van der Waals surface area contributed by atoms with Gasteiger partial charge < -0.3 is 4.90 Å². The second-order valence-corrected chi connectivity index (χ2v) is 5.02. The molecule has 1 fully saturated rings. The largest absolute Gasteiger partial charge is 0.303 e. The van der Waals surface area contributed by atoms with E-state index in [1.807, 2.05) is 16.8 Å². The summed E-state index contributed by atoms with van der Waals surface area (Å²) < 4.78 is 1.89. The lowest BCUT2D eigenvalue weighted by molar-refractivity contribution is 0.306. The number of likely N-dealkylation sites (N-methyl/N-ethyl adjacent to an activating group) is 1. The van der Waals surface area contributed by atoms with Crippen LogP contribution in [0.25, 0.3) is 5.65 Å². The molecule has 0 aliphatic carbocycles. The quantitative estimate of drug-likeness (QED) is 0.787. The van der Waals surface area contributed by atoms with Crippen LogP contribution < -0.4 is 0 Å². The lowest BCUT2D eigenvalue weighted by atomic mass is 10.1. The van der Waals surface area contributed by atoms with Crippen molar-refractivity contribution in [1.82, 2.24) is 19.5 Å². The Hall–Kier alpha value is -1.42. The number of hydrogen-bond donors (Lipinski definition) is 0. The van der Waals surface area contributed by atoms with Crippen LogP contribution in [-0.4, -0.2) is 39.1 Å². The fourth-order valence-corrected chi connectivity index (χ4v) is 2.57. The van der Waals surface area contributed by atoms with Gasteiger partial charge >= 0.3 is 0 Å². The average molecular weight is 230 g/mol. The van der Waals surface area contributed by atoms with E-state index in [1.54, 1.807) is 0 Å². The van der Waals surface area contributed by atoms with Crippen LogP contribution in [0.4, 0.5) is 0 Å². The van der Waals surface area contributed by atoms with Crippen molar-refractivity contribution < 1.29 is 0 Å². The van der Waals surface area contributed by atoms with E-state index in [1.165, 1.54) is 24.9 Å². The molecule has 0 aromatic carbocycles. The topological polar surface area (TPSA) is 33.4 Å². The lowest BCUT2D eigenvalue weighted by Crippen LogP contribution is -2.27. The van der Waals surface area contributed by atoms with Crippen molar-refractivity contribution in [1.29, 1.82) is 0 Å². The molecule has 1 saturated heterocycles. The molecule has 2 aromatic heterocycles. The van der Waals surface area contributed by atoms with Gasteiger partial charge in [0.15, 0.2) is 11.5 Å². The molecule has 4 nitrogen and oxygen atoms in total. The second kappa shape index (κ2) is 4.11. The highest BCUT2D eigenvalue weighted by atomic mass is 15.3. The van der Waals surface area contributed by atoms with Crippen LogP contribution in [0.15, 0.2) is 18.3 Å². The first-order valence-electron chi connectivity index (χ1n) is 6.24. The Morgan fingerprint density at radius 2 is 2.29 bits per heavy atom. The molecule has 4 heteroatoms. The highest BCUT2D eigenvalue weighted by molar-refractivity contribution is 5.38. The predicted molar refractivity (Wildman–Crippen MR) is 67.1 cm³/mol. The molecule has 17 heavy (non-hydrogen) atoms. The summed E-state index contributed by atoms with van der Waals surface area (Å²) in [5.74, 6) is 0.967. The van der Waals surface area contributed by atoms with E-state index in [2.05, 4.69) is 35.0 Å². The predicted octanol–water partition coefficient (Wildman–Crippen LogP) is 1.67. The van der Waals surface area contributed by atoms with Crippen molar-refractivity contribution in [2.45, 2.75) is 32.2 Å². The highest BCUT2D eigenvalue weighted by Crippen LogP contribution is 2.18. The van der Waals surface area contributed by atoms with Gasteiger partial charge in [-0.3, -0.25) is 0 Å². The Bertz CT molecular complexity index is 531. The van der Waals surface area contributed by atoms with E-state index in [0.717, 1.165) is 17.9 Å². The molecule has 3 rings (SSSR count). The molecule has 0 saturated carbocycles. The van der Waals surface area contributed by atoms with Crippen LogP contribution in [0.1, 0.15) is 24.2 Å². The van der Waals surface area contributed by atoms with E-state index in [-0.39, 0.29) is 0 Å². The van der Waals surface area contributed by atoms with Gasteiger partial charge in [0, 0.05) is 18.7 Å². The van der Waals surface area contributed by atoms with Crippen LogP contribution in [0.2, 0.25) is 0 Å².